The predicted molar refractivity (Wildman–Crippen MR) is 265 cm³/mol. The van der Waals surface area contributed by atoms with E-state index in [1.807, 2.05) is 0 Å². The molecule has 0 aliphatic heterocycles. The van der Waals surface area contributed by atoms with Gasteiger partial charge in [0.1, 0.15) is 0 Å². The van der Waals surface area contributed by atoms with Crippen LogP contribution in [0.1, 0.15) is 0 Å². The van der Waals surface area contributed by atoms with Crippen molar-refractivity contribution in [3.8, 4) is 89.0 Å². The summed E-state index contributed by atoms with van der Waals surface area (Å²) in [6, 6.07) is 81.8. The van der Waals surface area contributed by atoms with Gasteiger partial charge in [-0.2, -0.15) is 0 Å². The van der Waals surface area contributed by atoms with Gasteiger partial charge in [-0.05, 0) is 161 Å². The van der Waals surface area contributed by atoms with Crippen molar-refractivity contribution in [1.29, 1.82) is 0 Å². The molecule has 0 bridgehead atoms. The summed E-state index contributed by atoms with van der Waals surface area (Å²) in [5, 5.41) is 13.0. The second kappa shape index (κ2) is 12.7. The summed E-state index contributed by atoms with van der Waals surface area (Å²) in [4.78, 5) is 0. The van der Waals surface area contributed by atoms with Gasteiger partial charge in [0.25, 0.3) is 0 Å². The van der Waals surface area contributed by atoms with Gasteiger partial charge in [0, 0.05) is 0 Å². The fourth-order valence-electron chi connectivity index (χ4n) is 11.4. The molecule has 284 valence electrons. The molecule has 12 aromatic rings. The first-order valence-corrected chi connectivity index (χ1v) is 21.7. The van der Waals surface area contributed by atoms with E-state index in [4.69, 9.17) is 0 Å². The first-order chi connectivity index (χ1) is 30.8. The van der Waals surface area contributed by atoms with Crippen LogP contribution in [0.3, 0.4) is 0 Å². The summed E-state index contributed by atoms with van der Waals surface area (Å²) in [6.07, 6.45) is 0. The van der Waals surface area contributed by atoms with Crippen molar-refractivity contribution >= 4 is 53.9 Å². The Morgan fingerprint density at radius 3 is 1.37 bits per heavy atom. The summed E-state index contributed by atoms with van der Waals surface area (Å²) < 4.78 is 0. The molecule has 62 heavy (non-hydrogen) atoms. The lowest BCUT2D eigenvalue weighted by Crippen LogP contribution is -1.94. The maximum Gasteiger partial charge on any atom is -0.000719 e. The molecule has 0 N–H and O–H groups in total. The lowest BCUT2D eigenvalue weighted by Gasteiger charge is -2.21. The van der Waals surface area contributed by atoms with Crippen LogP contribution < -0.4 is 0 Å². The van der Waals surface area contributed by atoms with Crippen molar-refractivity contribution in [3.63, 3.8) is 0 Å². The van der Waals surface area contributed by atoms with Crippen molar-refractivity contribution < 1.29 is 0 Å². The molecule has 0 atom stereocenters. The molecular formula is C62H36. The zero-order valence-electron chi connectivity index (χ0n) is 33.8. The van der Waals surface area contributed by atoms with Gasteiger partial charge < -0.3 is 0 Å². The van der Waals surface area contributed by atoms with E-state index < -0.39 is 0 Å². The van der Waals surface area contributed by atoms with E-state index in [1.54, 1.807) is 0 Å². The standard InChI is InChI=1S/C62H36/c1-4-16-37(17-5-1)40-30-31-50-55(34-40)58(39-20-8-3-9-21-39)61-51-29-15-28-48-54-35-52(45-32-33-49-42-23-11-10-22-41(42)46-26-14-27-47(45)59(46)49)43-24-12-13-25-44(43)53(54)36-56(60(48)51)62(61)57(50)38-18-6-2-7-19-38/h1-36H. The number of rotatable bonds is 4. The van der Waals surface area contributed by atoms with Crippen molar-refractivity contribution in [2.45, 2.75) is 0 Å². The molecule has 12 aromatic carbocycles. The monoisotopic (exact) mass is 780 g/mol. The maximum absolute atomic E-state index is 2.54. The van der Waals surface area contributed by atoms with Gasteiger partial charge in [0.15, 0.2) is 0 Å². The van der Waals surface area contributed by atoms with Gasteiger partial charge in [-0.25, -0.2) is 0 Å². The molecule has 0 amide bonds. The molecule has 0 nitrogen and oxygen atoms in total. The first kappa shape index (κ1) is 33.7. The van der Waals surface area contributed by atoms with Crippen LogP contribution in [0.2, 0.25) is 0 Å². The minimum Gasteiger partial charge on any atom is -0.0622 e. The molecule has 0 heteroatoms. The van der Waals surface area contributed by atoms with E-state index in [2.05, 4.69) is 218 Å². The van der Waals surface area contributed by atoms with Crippen LogP contribution in [-0.2, 0) is 0 Å². The van der Waals surface area contributed by atoms with Crippen molar-refractivity contribution in [2.24, 2.45) is 0 Å². The highest BCUT2D eigenvalue weighted by molar-refractivity contribution is 6.34. The van der Waals surface area contributed by atoms with Crippen LogP contribution in [0.5, 0.6) is 0 Å². The Bertz CT molecular complexity index is 3850. The molecule has 0 unspecified atom stereocenters. The van der Waals surface area contributed by atoms with Gasteiger partial charge in [0.05, 0.1) is 0 Å². The number of hydrogen-bond acceptors (Lipinski definition) is 0. The fourth-order valence-corrected chi connectivity index (χ4v) is 11.4. The summed E-state index contributed by atoms with van der Waals surface area (Å²) in [7, 11) is 0. The lowest BCUT2D eigenvalue weighted by molar-refractivity contribution is 1.61. The Morgan fingerprint density at radius 1 is 0.161 bits per heavy atom. The molecule has 14 rings (SSSR count). The van der Waals surface area contributed by atoms with Gasteiger partial charge in [0.2, 0.25) is 0 Å². The number of fused-ring (bicyclic) bond motifs is 11. The van der Waals surface area contributed by atoms with Gasteiger partial charge in [-0.1, -0.05) is 200 Å². The molecule has 0 aromatic heterocycles. The summed E-state index contributed by atoms with van der Waals surface area (Å²) >= 11 is 0. The summed E-state index contributed by atoms with van der Waals surface area (Å²) in [6.45, 7) is 0. The minimum atomic E-state index is 1.22. The van der Waals surface area contributed by atoms with Crippen LogP contribution in [0, 0.1) is 0 Å². The molecule has 0 fully saturated rings. The minimum absolute atomic E-state index is 1.22. The third-order valence-corrected chi connectivity index (χ3v) is 13.9. The topological polar surface area (TPSA) is 0 Å². The Balaban J connectivity index is 1.12. The zero-order valence-corrected chi connectivity index (χ0v) is 33.8. The van der Waals surface area contributed by atoms with Crippen LogP contribution in [0.4, 0.5) is 0 Å². The second-order valence-corrected chi connectivity index (χ2v) is 17.0. The fraction of sp³-hybridized carbons (Fsp3) is 0. The number of hydrogen-bond donors (Lipinski definition) is 0. The largest absolute Gasteiger partial charge is 0.0622 e. The Labute approximate surface area is 359 Å². The highest BCUT2D eigenvalue weighted by Gasteiger charge is 2.32. The van der Waals surface area contributed by atoms with E-state index in [0.717, 1.165) is 0 Å². The average Bonchev–Trinajstić information content (AvgIpc) is 3.85. The molecule has 0 saturated heterocycles. The van der Waals surface area contributed by atoms with E-state index in [0.29, 0.717) is 0 Å². The van der Waals surface area contributed by atoms with Crippen LogP contribution in [-0.4, -0.2) is 0 Å². The van der Waals surface area contributed by atoms with Crippen LogP contribution in [0.25, 0.3) is 143 Å². The second-order valence-electron chi connectivity index (χ2n) is 17.0. The normalized spacial score (nSPS) is 12.2. The third kappa shape index (κ3) is 4.56. The summed E-state index contributed by atoms with van der Waals surface area (Å²) in [5.74, 6) is 0. The highest BCUT2D eigenvalue weighted by atomic mass is 14.3. The molecule has 2 aliphatic rings. The molecule has 0 saturated carbocycles. The Morgan fingerprint density at radius 2 is 0.645 bits per heavy atom. The summed E-state index contributed by atoms with van der Waals surface area (Å²) in [5.41, 5.74) is 20.6. The van der Waals surface area contributed by atoms with Crippen LogP contribution >= 0.6 is 0 Å². The first-order valence-electron chi connectivity index (χ1n) is 21.7. The van der Waals surface area contributed by atoms with Gasteiger partial charge in [-0.3, -0.25) is 0 Å². The molecule has 0 radical (unpaired) electrons. The van der Waals surface area contributed by atoms with E-state index in [-0.39, 0.29) is 0 Å². The van der Waals surface area contributed by atoms with E-state index >= 15 is 0 Å². The molecule has 0 spiro atoms. The lowest BCUT2D eigenvalue weighted by atomic mass is 9.81. The van der Waals surface area contributed by atoms with E-state index in [9.17, 15) is 0 Å². The Kier molecular flexibility index (Phi) is 6.92. The molecule has 2 aliphatic carbocycles. The molecule has 0 heterocycles. The van der Waals surface area contributed by atoms with Crippen molar-refractivity contribution in [1.82, 2.24) is 0 Å². The van der Waals surface area contributed by atoms with Crippen molar-refractivity contribution in [3.05, 3.63) is 218 Å². The highest BCUT2D eigenvalue weighted by Crippen LogP contribution is 2.60. The predicted octanol–water partition coefficient (Wildman–Crippen LogP) is 17.4. The average molecular weight is 781 g/mol. The smallest absolute Gasteiger partial charge is 0.000719 e. The third-order valence-electron chi connectivity index (χ3n) is 13.9. The zero-order chi connectivity index (χ0) is 40.5. The maximum atomic E-state index is 2.54. The van der Waals surface area contributed by atoms with Gasteiger partial charge in [-0.15, -0.1) is 0 Å². The van der Waals surface area contributed by atoms with Crippen LogP contribution in [0.15, 0.2) is 218 Å². The molecular weight excluding hydrogens is 745 g/mol. The SMILES string of the molecule is c1ccc(-c2ccc3c(-c4ccccc4)c4c(c(-c5ccccc5)c3c2)-c2cccc3c2c-4cc2c4ccccc4c(-c4ccc5c6c(cccc46)-c4ccccc4-5)cc32)cc1. The Hall–Kier alpha value is -8.06. The number of benzene rings is 12. The van der Waals surface area contributed by atoms with Gasteiger partial charge >= 0.3 is 0 Å². The van der Waals surface area contributed by atoms with E-state index in [1.165, 1.54) is 143 Å². The van der Waals surface area contributed by atoms with Crippen molar-refractivity contribution in [2.75, 3.05) is 0 Å². The quantitative estimate of drug-likeness (QED) is 0.156.